The van der Waals surface area contributed by atoms with Crippen molar-refractivity contribution in [3.8, 4) is 11.5 Å². The Bertz CT molecular complexity index is 902. The summed E-state index contributed by atoms with van der Waals surface area (Å²) >= 11 is 0. The van der Waals surface area contributed by atoms with Crippen LogP contribution in [0.5, 0.6) is 11.5 Å². The van der Waals surface area contributed by atoms with Crippen LogP contribution in [0.2, 0.25) is 0 Å². The van der Waals surface area contributed by atoms with Gasteiger partial charge in [0.1, 0.15) is 0 Å². The highest BCUT2D eigenvalue weighted by molar-refractivity contribution is 5.95. The van der Waals surface area contributed by atoms with Crippen LogP contribution >= 0.6 is 0 Å². The van der Waals surface area contributed by atoms with Crippen LogP contribution in [0.15, 0.2) is 18.2 Å². The van der Waals surface area contributed by atoms with Gasteiger partial charge in [0.05, 0.1) is 13.7 Å². The highest BCUT2D eigenvalue weighted by Gasteiger charge is 2.38. The van der Waals surface area contributed by atoms with Crippen LogP contribution in [0, 0.1) is 17.8 Å². The van der Waals surface area contributed by atoms with Crippen molar-refractivity contribution in [2.24, 2.45) is 17.8 Å². The standard InChI is InChI=1S/C30H49N3O5/c1-21(2)8-13-29(34)33(26-10-11-26)20-25-18-31-17-24(25)19-32(22(3)4)30(35)23-9-12-27(37-6)28(16-23)38-15-7-14-36-5/h9,12,16,21-22,24-26,31H,7-8,10-11,13-15,17-20H2,1-6H3/t24-,25+/m0/s1. The minimum atomic E-state index is -0.0119. The largest absolute Gasteiger partial charge is 0.493 e. The summed E-state index contributed by atoms with van der Waals surface area (Å²) in [5.74, 6) is 2.62. The Morgan fingerprint density at radius 3 is 2.32 bits per heavy atom. The Morgan fingerprint density at radius 1 is 1.00 bits per heavy atom. The molecule has 0 unspecified atom stereocenters. The first kappa shape index (κ1) is 30.2. The number of ether oxygens (including phenoxy) is 3. The number of nitrogens with zero attached hydrogens (tertiary/aromatic N) is 2. The molecule has 2 fully saturated rings. The quantitative estimate of drug-likeness (QED) is 0.322. The van der Waals surface area contributed by atoms with Crippen LogP contribution in [-0.2, 0) is 9.53 Å². The number of nitrogens with one attached hydrogen (secondary N) is 1. The highest BCUT2D eigenvalue weighted by atomic mass is 16.5. The predicted octanol–water partition coefficient (Wildman–Crippen LogP) is 4.22. The Kier molecular flexibility index (Phi) is 11.7. The molecule has 1 saturated heterocycles. The van der Waals surface area contributed by atoms with E-state index in [1.807, 2.05) is 11.0 Å². The van der Waals surface area contributed by atoms with Crippen LogP contribution in [-0.4, -0.2) is 87.3 Å². The summed E-state index contributed by atoms with van der Waals surface area (Å²) in [7, 11) is 3.27. The van der Waals surface area contributed by atoms with Crippen LogP contribution < -0.4 is 14.8 Å². The fourth-order valence-electron chi connectivity index (χ4n) is 5.12. The van der Waals surface area contributed by atoms with E-state index in [0.29, 0.717) is 72.9 Å². The second-order valence-electron chi connectivity index (χ2n) is 11.5. The first-order valence-electron chi connectivity index (χ1n) is 14.4. The third kappa shape index (κ3) is 8.60. The number of carbonyl (C=O) groups is 2. The van der Waals surface area contributed by atoms with Crippen molar-refractivity contribution < 1.29 is 23.8 Å². The van der Waals surface area contributed by atoms with Crippen molar-refractivity contribution in [3.05, 3.63) is 23.8 Å². The van der Waals surface area contributed by atoms with Crippen LogP contribution in [0.3, 0.4) is 0 Å². The molecule has 2 atom stereocenters. The van der Waals surface area contributed by atoms with Gasteiger partial charge in [-0.15, -0.1) is 0 Å². The molecule has 1 N–H and O–H groups in total. The van der Waals surface area contributed by atoms with E-state index in [1.165, 1.54) is 0 Å². The topological polar surface area (TPSA) is 80.3 Å². The van der Waals surface area contributed by atoms with Crippen LogP contribution in [0.1, 0.15) is 70.2 Å². The zero-order valence-electron chi connectivity index (χ0n) is 24.3. The van der Waals surface area contributed by atoms with Gasteiger partial charge in [0.15, 0.2) is 11.5 Å². The van der Waals surface area contributed by atoms with Gasteiger partial charge in [-0.25, -0.2) is 0 Å². The van der Waals surface area contributed by atoms with Gasteiger partial charge < -0.3 is 29.3 Å². The second-order valence-corrected chi connectivity index (χ2v) is 11.5. The van der Waals surface area contributed by atoms with Gasteiger partial charge in [-0.3, -0.25) is 9.59 Å². The van der Waals surface area contributed by atoms with Crippen molar-refractivity contribution in [2.45, 2.75) is 71.9 Å². The molecule has 1 aliphatic heterocycles. The molecule has 0 bridgehead atoms. The van der Waals surface area contributed by atoms with E-state index in [2.05, 4.69) is 37.9 Å². The maximum Gasteiger partial charge on any atom is 0.254 e. The number of hydrogen-bond acceptors (Lipinski definition) is 6. The first-order valence-corrected chi connectivity index (χ1v) is 14.4. The molecular formula is C30H49N3O5. The van der Waals surface area contributed by atoms with E-state index in [-0.39, 0.29) is 11.9 Å². The fourth-order valence-corrected chi connectivity index (χ4v) is 5.12. The second kappa shape index (κ2) is 14.7. The lowest BCUT2D eigenvalue weighted by molar-refractivity contribution is -0.132. The van der Waals surface area contributed by atoms with Gasteiger partial charge in [-0.1, -0.05) is 13.8 Å². The van der Waals surface area contributed by atoms with E-state index in [9.17, 15) is 9.59 Å². The lowest BCUT2D eigenvalue weighted by Gasteiger charge is -2.34. The molecule has 214 valence electrons. The van der Waals surface area contributed by atoms with Gasteiger partial charge in [-0.2, -0.15) is 0 Å². The smallest absolute Gasteiger partial charge is 0.254 e. The minimum absolute atomic E-state index is 0.0119. The van der Waals surface area contributed by atoms with E-state index < -0.39 is 0 Å². The maximum absolute atomic E-state index is 13.7. The molecule has 0 spiro atoms. The third-order valence-corrected chi connectivity index (χ3v) is 7.63. The molecule has 8 nitrogen and oxygen atoms in total. The Hall–Kier alpha value is -2.32. The van der Waals surface area contributed by atoms with Crippen LogP contribution in [0.25, 0.3) is 0 Å². The molecule has 38 heavy (non-hydrogen) atoms. The molecule has 2 amide bonds. The summed E-state index contributed by atoms with van der Waals surface area (Å²) < 4.78 is 16.5. The van der Waals surface area contributed by atoms with Crippen LogP contribution in [0.4, 0.5) is 0 Å². The fraction of sp³-hybridized carbons (Fsp3) is 0.733. The normalized spacial score (nSPS) is 19.2. The monoisotopic (exact) mass is 531 g/mol. The van der Waals surface area contributed by atoms with Gasteiger partial charge in [0, 0.05) is 70.4 Å². The summed E-state index contributed by atoms with van der Waals surface area (Å²) in [6.45, 7) is 12.7. The summed E-state index contributed by atoms with van der Waals surface area (Å²) in [5.41, 5.74) is 0.590. The summed E-state index contributed by atoms with van der Waals surface area (Å²) in [4.78, 5) is 30.9. The van der Waals surface area contributed by atoms with E-state index in [0.717, 1.165) is 45.3 Å². The molecule has 8 heteroatoms. The number of hydrogen-bond donors (Lipinski definition) is 1. The first-order chi connectivity index (χ1) is 18.2. The van der Waals surface area contributed by atoms with Gasteiger partial charge in [-0.05, 0) is 69.1 Å². The van der Waals surface area contributed by atoms with Crippen molar-refractivity contribution >= 4 is 11.8 Å². The van der Waals surface area contributed by atoms with Gasteiger partial charge in [0.2, 0.25) is 5.91 Å². The summed E-state index contributed by atoms with van der Waals surface area (Å²) in [6.07, 6.45) is 4.54. The predicted molar refractivity (Wildman–Crippen MR) is 150 cm³/mol. The SMILES string of the molecule is COCCCOc1cc(C(=O)N(C[C@@H]2CNC[C@@H]2CN(C(=O)CCC(C)C)C2CC2)C(C)C)ccc1OC. The molecular weight excluding hydrogens is 482 g/mol. The Labute approximate surface area is 229 Å². The summed E-state index contributed by atoms with van der Waals surface area (Å²) in [5, 5.41) is 3.53. The van der Waals surface area contributed by atoms with Crippen molar-refractivity contribution in [2.75, 3.05) is 53.6 Å². The number of rotatable bonds is 16. The van der Waals surface area contributed by atoms with Crippen molar-refractivity contribution in [3.63, 3.8) is 0 Å². The highest BCUT2D eigenvalue weighted by Crippen LogP contribution is 2.32. The molecule has 3 rings (SSSR count). The van der Waals surface area contributed by atoms with Gasteiger partial charge >= 0.3 is 0 Å². The molecule has 0 radical (unpaired) electrons. The average molecular weight is 532 g/mol. The number of amides is 2. The number of benzene rings is 1. The molecule has 1 aliphatic carbocycles. The molecule has 1 aromatic rings. The van der Waals surface area contributed by atoms with Crippen molar-refractivity contribution in [1.82, 2.24) is 15.1 Å². The summed E-state index contributed by atoms with van der Waals surface area (Å²) in [6, 6.07) is 5.85. The zero-order valence-corrected chi connectivity index (χ0v) is 24.3. The molecule has 1 heterocycles. The average Bonchev–Trinajstić information content (AvgIpc) is 3.64. The molecule has 1 saturated carbocycles. The van der Waals surface area contributed by atoms with Gasteiger partial charge in [0.25, 0.3) is 5.91 Å². The lowest BCUT2D eigenvalue weighted by atomic mass is 9.93. The Balaban J connectivity index is 1.68. The zero-order chi connectivity index (χ0) is 27.7. The third-order valence-electron chi connectivity index (χ3n) is 7.63. The van der Waals surface area contributed by atoms with E-state index in [4.69, 9.17) is 14.2 Å². The maximum atomic E-state index is 13.7. The molecule has 0 aromatic heterocycles. The molecule has 2 aliphatic rings. The van der Waals surface area contributed by atoms with Crippen molar-refractivity contribution in [1.29, 1.82) is 0 Å². The van der Waals surface area contributed by atoms with E-state index in [1.54, 1.807) is 26.4 Å². The lowest BCUT2D eigenvalue weighted by Crippen LogP contribution is -2.45. The van der Waals surface area contributed by atoms with E-state index >= 15 is 0 Å². The Morgan fingerprint density at radius 2 is 1.71 bits per heavy atom. The number of carbonyl (C=O) groups excluding carboxylic acids is 2. The molecule has 1 aromatic carbocycles. The number of methoxy groups -OCH3 is 2. The minimum Gasteiger partial charge on any atom is -0.493 e.